The molecule has 0 saturated carbocycles. The second kappa shape index (κ2) is 12.6. The number of anilines is 6. The minimum absolute atomic E-state index is 0.706. The molecule has 3 aliphatic heterocycles. The summed E-state index contributed by atoms with van der Waals surface area (Å²) in [7, 11) is 0. The topological polar surface area (TPSA) is 16.2 Å². The van der Waals surface area contributed by atoms with Crippen LogP contribution in [0.4, 0.5) is 34.1 Å². The first-order chi connectivity index (χ1) is 25.8. The van der Waals surface area contributed by atoms with Crippen molar-refractivity contribution in [1.82, 2.24) is 4.90 Å². The fraction of sp³-hybridized carbons (Fsp3) is 0.0455. The van der Waals surface area contributed by atoms with Gasteiger partial charge in [-0.05, 0) is 0 Å². The van der Waals surface area contributed by atoms with E-state index in [4.69, 9.17) is 4.11 Å². The minimum atomic E-state index is -2.38. The Balaban J connectivity index is 1.34. The molecule has 0 fully saturated rings. The van der Waals surface area contributed by atoms with Crippen molar-refractivity contribution in [2.24, 2.45) is 0 Å². The summed E-state index contributed by atoms with van der Waals surface area (Å²) >= 11 is -1.13. The predicted molar refractivity (Wildman–Crippen MR) is 204 cm³/mol. The Morgan fingerprint density at radius 2 is 1.02 bits per heavy atom. The quantitative estimate of drug-likeness (QED) is 0.164. The zero-order valence-electron chi connectivity index (χ0n) is 30.1. The van der Waals surface area contributed by atoms with E-state index in [1.165, 1.54) is 10.5 Å². The number of rotatable bonds is 4. The molecular formula is C44H33N5Pt-2. The van der Waals surface area contributed by atoms with Gasteiger partial charge in [0.05, 0.1) is 0 Å². The van der Waals surface area contributed by atoms with Crippen LogP contribution < -0.4 is 19.6 Å². The molecule has 6 aromatic carbocycles. The molecule has 246 valence electrons. The molecule has 0 spiro atoms. The molecule has 0 amide bonds. The molecule has 0 atom stereocenters. The second-order valence-electron chi connectivity index (χ2n) is 12.1. The van der Waals surface area contributed by atoms with Crippen LogP contribution >= 0.6 is 0 Å². The first-order valence-electron chi connectivity index (χ1n) is 17.9. The molecule has 0 N–H and O–H groups in total. The van der Waals surface area contributed by atoms with Gasteiger partial charge in [0, 0.05) is 0 Å². The third-order valence-electron chi connectivity index (χ3n) is 8.88. The number of para-hydroxylation sites is 1. The van der Waals surface area contributed by atoms with Crippen LogP contribution in [0.25, 0.3) is 22.3 Å². The second-order valence-corrected chi connectivity index (χ2v) is 14.7. The van der Waals surface area contributed by atoms with Crippen molar-refractivity contribution in [3.05, 3.63) is 182 Å². The van der Waals surface area contributed by atoms with Gasteiger partial charge in [-0.2, -0.15) is 0 Å². The molecule has 5 nitrogen and oxygen atoms in total. The van der Waals surface area contributed by atoms with Crippen LogP contribution in [0.5, 0.6) is 0 Å². The van der Waals surface area contributed by atoms with E-state index in [0.29, 0.717) is 4.15 Å². The molecule has 0 unspecified atom stereocenters. The molecule has 0 radical (unpaired) electrons. The zero-order valence-corrected chi connectivity index (χ0v) is 29.4. The molecule has 0 saturated heterocycles. The summed E-state index contributed by atoms with van der Waals surface area (Å²) in [5, 5.41) is 0. The van der Waals surface area contributed by atoms with E-state index in [0.717, 1.165) is 60.5 Å². The monoisotopic (exact) mass is 829 g/mol. The van der Waals surface area contributed by atoms with Gasteiger partial charge in [-0.25, -0.2) is 0 Å². The van der Waals surface area contributed by atoms with E-state index in [1.807, 2.05) is 35.4 Å². The Morgan fingerprint density at radius 1 is 0.500 bits per heavy atom. The van der Waals surface area contributed by atoms with E-state index in [2.05, 4.69) is 161 Å². The summed E-state index contributed by atoms with van der Waals surface area (Å²) in [5.41, 5.74) is 10.7. The summed E-state index contributed by atoms with van der Waals surface area (Å²) in [4.78, 5) is 10.0. The molecule has 3 aliphatic rings. The summed E-state index contributed by atoms with van der Waals surface area (Å²) in [6.45, 7) is -0.299. The normalized spacial score (nSPS) is 16.2. The van der Waals surface area contributed by atoms with Gasteiger partial charge in [0.2, 0.25) is 0 Å². The molecule has 0 aromatic heterocycles. The van der Waals surface area contributed by atoms with Crippen LogP contribution in [-0.2, 0) is 17.6 Å². The summed E-state index contributed by atoms with van der Waals surface area (Å²) in [6.07, 6.45) is 7.66. The van der Waals surface area contributed by atoms with E-state index in [9.17, 15) is 0 Å². The van der Waals surface area contributed by atoms with Gasteiger partial charge in [-0.1, -0.05) is 0 Å². The summed E-state index contributed by atoms with van der Waals surface area (Å²) < 4.78 is 27.3. The standard InChI is InChI=1S/C44H33N5.Pt/c1-34-22-24-37(25-23-34)47-28-29-48(33-47)39-17-10-19-41(31-39)49(40-18-9-16-38(30-40)46-27-26-45(2)32-46)44-42(35-12-5-3-6-13-35)20-11-21-43(44)36-14-7-4-8-15-36;/h3-29H,1-2H3;/q-2;/i2D3;. The van der Waals surface area contributed by atoms with Crippen LogP contribution in [0.3, 0.4) is 0 Å². The van der Waals surface area contributed by atoms with E-state index in [1.54, 1.807) is 6.20 Å². The maximum atomic E-state index is 8.55. The van der Waals surface area contributed by atoms with Crippen molar-refractivity contribution in [2.75, 3.05) is 26.6 Å². The first-order valence-corrected chi connectivity index (χ1v) is 18.6. The van der Waals surface area contributed by atoms with E-state index < -0.39 is 24.6 Å². The van der Waals surface area contributed by atoms with Crippen molar-refractivity contribution < 1.29 is 21.8 Å². The first kappa shape index (κ1) is 27.1. The Morgan fingerprint density at radius 3 is 1.62 bits per heavy atom. The summed E-state index contributed by atoms with van der Waals surface area (Å²) in [5.74, 6) is 0. The van der Waals surface area contributed by atoms with E-state index in [-0.39, 0.29) is 0 Å². The molecule has 6 heteroatoms. The van der Waals surface area contributed by atoms with Crippen molar-refractivity contribution in [1.29, 1.82) is 0 Å². The third-order valence-corrected chi connectivity index (χ3v) is 12.1. The molecule has 6 aromatic rings. The van der Waals surface area contributed by atoms with Crippen LogP contribution in [0, 0.1) is 19.1 Å². The molecule has 3 heterocycles. The maximum absolute atomic E-state index is 8.55. The number of hydrogen-bond donors (Lipinski definition) is 0. The van der Waals surface area contributed by atoms with Crippen molar-refractivity contribution in [3.8, 4) is 22.3 Å². The van der Waals surface area contributed by atoms with Gasteiger partial charge < -0.3 is 0 Å². The van der Waals surface area contributed by atoms with Crippen LogP contribution in [0.2, 0.25) is 0 Å². The Kier molecular flexibility index (Phi) is 6.83. The third kappa shape index (κ3) is 5.31. The van der Waals surface area contributed by atoms with Gasteiger partial charge in [0.25, 0.3) is 0 Å². The van der Waals surface area contributed by atoms with Gasteiger partial charge in [-0.3, -0.25) is 0 Å². The van der Waals surface area contributed by atoms with Crippen LogP contribution in [0.1, 0.15) is 9.68 Å². The van der Waals surface area contributed by atoms with Crippen molar-refractivity contribution in [2.45, 2.75) is 6.92 Å². The van der Waals surface area contributed by atoms with Crippen molar-refractivity contribution in [3.63, 3.8) is 0 Å². The van der Waals surface area contributed by atoms with Gasteiger partial charge in [0.1, 0.15) is 0 Å². The number of hydrogen-bond acceptors (Lipinski definition) is 5. The zero-order chi connectivity index (χ0) is 36.1. The Hall–Kier alpha value is -5.77. The SMILES string of the molecule is [2H]C([2H])([2H])N1C=CN2[C]1=[Pt]=[C]1N(C=CN1c1ccc(C)cc1)c1[c-]c(ccc1)N(c1c(-c3ccccc3)cccc1-c1ccccc1)c1[c-]c2ccc1. The molecule has 9 rings (SSSR count). The number of aryl methyl sites for hydroxylation is 1. The van der Waals surface area contributed by atoms with Crippen molar-refractivity contribution >= 4 is 42.4 Å². The van der Waals surface area contributed by atoms with Crippen LogP contribution in [-0.4, -0.2) is 20.2 Å². The Bertz CT molecular complexity index is 2410. The fourth-order valence-electron chi connectivity index (χ4n) is 6.46. The molecule has 0 aliphatic carbocycles. The average Bonchev–Trinajstić information content (AvgIpc) is 3.81. The molecule has 50 heavy (non-hydrogen) atoms. The van der Waals surface area contributed by atoms with Crippen LogP contribution in [0.15, 0.2) is 164 Å². The average molecular weight is 830 g/mol. The van der Waals surface area contributed by atoms with Gasteiger partial charge >= 0.3 is 307 Å². The van der Waals surface area contributed by atoms with Gasteiger partial charge in [0.15, 0.2) is 0 Å². The predicted octanol–water partition coefficient (Wildman–Crippen LogP) is 9.69. The number of nitrogens with zero attached hydrogens (tertiary/aromatic N) is 5. The molecule has 4 bridgehead atoms. The Labute approximate surface area is 305 Å². The van der Waals surface area contributed by atoms with Gasteiger partial charge in [-0.15, -0.1) is 0 Å². The number of fused-ring (bicyclic) bond motifs is 8. The van der Waals surface area contributed by atoms with E-state index >= 15 is 0 Å². The summed E-state index contributed by atoms with van der Waals surface area (Å²) in [6, 6.07) is 55.7. The molecular weight excluding hydrogens is 794 g/mol. The number of benzene rings is 6. The fourth-order valence-corrected chi connectivity index (χ4v) is 9.53.